The summed E-state index contributed by atoms with van der Waals surface area (Å²) in [4.78, 5) is 32.3. The van der Waals surface area contributed by atoms with Gasteiger partial charge in [-0.3, -0.25) is 15.0 Å². The molecule has 1 aliphatic rings. The van der Waals surface area contributed by atoms with E-state index in [1.807, 2.05) is 48.5 Å². The van der Waals surface area contributed by atoms with Crippen molar-refractivity contribution in [2.75, 3.05) is 31.1 Å². The summed E-state index contributed by atoms with van der Waals surface area (Å²) in [7, 11) is 0. The molecule has 3 rings (SSSR count). The van der Waals surface area contributed by atoms with Crippen molar-refractivity contribution in [3.05, 3.63) is 60.3 Å². The Morgan fingerprint density at radius 1 is 1.00 bits per heavy atom. The molecule has 0 unspecified atom stereocenters. The smallest absolute Gasteiger partial charge is 0.318 e. The number of hydrogen-bond donors (Lipinski definition) is 2. The second-order valence-corrected chi connectivity index (χ2v) is 5.88. The van der Waals surface area contributed by atoms with Gasteiger partial charge in [0.1, 0.15) is 11.9 Å². The number of nitrogens with one attached hydrogen (secondary N) is 1. The first kappa shape index (κ1) is 16.9. The van der Waals surface area contributed by atoms with E-state index in [9.17, 15) is 9.59 Å². The Morgan fingerprint density at radius 3 is 2.28 bits per heavy atom. The summed E-state index contributed by atoms with van der Waals surface area (Å²) in [6.07, 6.45) is 1.77. The van der Waals surface area contributed by atoms with Crippen LogP contribution in [0.3, 0.4) is 0 Å². The van der Waals surface area contributed by atoms with Gasteiger partial charge < -0.3 is 10.6 Å². The van der Waals surface area contributed by atoms with Gasteiger partial charge in [0.2, 0.25) is 5.91 Å². The van der Waals surface area contributed by atoms with Crippen molar-refractivity contribution >= 4 is 17.8 Å². The first-order valence-electron chi connectivity index (χ1n) is 8.20. The number of piperazine rings is 1. The molecule has 3 N–H and O–H groups in total. The van der Waals surface area contributed by atoms with Crippen LogP contribution in [0.4, 0.5) is 10.6 Å². The Morgan fingerprint density at radius 2 is 1.68 bits per heavy atom. The molecular weight excluding hydrogens is 318 g/mol. The number of aromatic nitrogens is 1. The van der Waals surface area contributed by atoms with Crippen molar-refractivity contribution in [3.8, 4) is 0 Å². The molecule has 0 aliphatic carbocycles. The van der Waals surface area contributed by atoms with Crippen molar-refractivity contribution in [2.24, 2.45) is 5.73 Å². The number of urea groups is 1. The number of amides is 3. The summed E-state index contributed by atoms with van der Waals surface area (Å²) in [5.74, 6) is 0.532. The molecule has 1 aliphatic heterocycles. The standard InChI is InChI=1S/C18H21N5O2/c19-18(25)21-17(24)16(14-6-2-1-3-7-14)23-12-10-22(11-13-23)15-8-4-5-9-20-15/h1-9,16H,10-13H2,(H3,19,21,24,25)/t16-/m0/s1. The molecule has 130 valence electrons. The van der Waals surface area contributed by atoms with Gasteiger partial charge in [0.05, 0.1) is 0 Å². The van der Waals surface area contributed by atoms with Crippen LogP contribution in [0.2, 0.25) is 0 Å². The number of nitrogens with two attached hydrogens (primary N) is 1. The third-order valence-electron chi connectivity index (χ3n) is 4.26. The number of benzene rings is 1. The number of carbonyl (C=O) groups excluding carboxylic acids is 2. The summed E-state index contributed by atoms with van der Waals surface area (Å²) >= 11 is 0. The van der Waals surface area contributed by atoms with Crippen LogP contribution >= 0.6 is 0 Å². The van der Waals surface area contributed by atoms with Gasteiger partial charge in [-0.25, -0.2) is 9.78 Å². The molecule has 3 amide bonds. The van der Waals surface area contributed by atoms with Crippen LogP contribution in [-0.2, 0) is 4.79 Å². The third kappa shape index (κ3) is 4.13. The second-order valence-electron chi connectivity index (χ2n) is 5.88. The molecule has 1 fully saturated rings. The Bertz CT molecular complexity index is 715. The third-order valence-corrected chi connectivity index (χ3v) is 4.26. The normalized spacial score (nSPS) is 16.2. The maximum Gasteiger partial charge on any atom is 0.318 e. The van der Waals surface area contributed by atoms with E-state index in [4.69, 9.17) is 5.73 Å². The summed E-state index contributed by atoms with van der Waals surface area (Å²) in [6, 6.07) is 13.9. The Hall–Kier alpha value is -2.93. The number of hydrogen-bond acceptors (Lipinski definition) is 5. The number of anilines is 1. The van der Waals surface area contributed by atoms with E-state index in [0.717, 1.165) is 24.5 Å². The summed E-state index contributed by atoms with van der Waals surface area (Å²) in [5, 5.41) is 2.21. The van der Waals surface area contributed by atoms with Crippen LogP contribution in [0, 0.1) is 0 Å². The number of primary amides is 1. The minimum absolute atomic E-state index is 0.398. The van der Waals surface area contributed by atoms with Crippen LogP contribution < -0.4 is 16.0 Å². The van der Waals surface area contributed by atoms with Gasteiger partial charge in [0.15, 0.2) is 0 Å². The predicted molar refractivity (Wildman–Crippen MR) is 94.9 cm³/mol. The van der Waals surface area contributed by atoms with E-state index in [2.05, 4.69) is 20.1 Å². The molecule has 0 spiro atoms. The monoisotopic (exact) mass is 339 g/mol. The van der Waals surface area contributed by atoms with E-state index in [1.165, 1.54) is 0 Å². The highest BCUT2D eigenvalue weighted by Crippen LogP contribution is 2.23. The topological polar surface area (TPSA) is 91.6 Å². The minimum atomic E-state index is -0.835. The molecule has 2 aromatic rings. The fourth-order valence-corrected chi connectivity index (χ4v) is 3.10. The van der Waals surface area contributed by atoms with Crippen molar-refractivity contribution in [3.63, 3.8) is 0 Å². The minimum Gasteiger partial charge on any atom is -0.354 e. The highest BCUT2D eigenvalue weighted by Gasteiger charge is 2.31. The van der Waals surface area contributed by atoms with Crippen LogP contribution in [0.1, 0.15) is 11.6 Å². The van der Waals surface area contributed by atoms with Gasteiger partial charge in [-0.1, -0.05) is 36.4 Å². The van der Waals surface area contributed by atoms with E-state index >= 15 is 0 Å². The average molecular weight is 339 g/mol. The lowest BCUT2D eigenvalue weighted by Gasteiger charge is -2.39. The van der Waals surface area contributed by atoms with E-state index in [1.54, 1.807) is 6.20 Å². The van der Waals surface area contributed by atoms with Gasteiger partial charge in [-0.15, -0.1) is 0 Å². The van der Waals surface area contributed by atoms with Gasteiger partial charge in [0, 0.05) is 32.4 Å². The number of rotatable bonds is 4. The SMILES string of the molecule is NC(=O)NC(=O)[C@H](c1ccccc1)N1CCN(c2ccccn2)CC1. The molecule has 1 atom stereocenters. The molecule has 1 aromatic carbocycles. The van der Waals surface area contributed by atoms with Crippen molar-refractivity contribution in [2.45, 2.75) is 6.04 Å². The predicted octanol–water partition coefficient (Wildman–Crippen LogP) is 1.14. The van der Waals surface area contributed by atoms with E-state index in [-0.39, 0.29) is 0 Å². The maximum absolute atomic E-state index is 12.5. The van der Waals surface area contributed by atoms with E-state index in [0.29, 0.717) is 13.1 Å². The summed E-state index contributed by atoms with van der Waals surface area (Å²) in [5.41, 5.74) is 5.97. The lowest BCUT2D eigenvalue weighted by molar-refractivity contribution is -0.125. The molecule has 1 aromatic heterocycles. The maximum atomic E-state index is 12.5. The summed E-state index contributed by atoms with van der Waals surface area (Å²) < 4.78 is 0. The zero-order valence-electron chi connectivity index (χ0n) is 13.8. The molecule has 1 saturated heterocycles. The first-order chi connectivity index (χ1) is 12.1. The van der Waals surface area contributed by atoms with Crippen molar-refractivity contribution < 1.29 is 9.59 Å². The van der Waals surface area contributed by atoms with Crippen LogP contribution in [-0.4, -0.2) is 48.0 Å². The molecule has 25 heavy (non-hydrogen) atoms. The molecular formula is C18H21N5O2. The van der Waals surface area contributed by atoms with Gasteiger partial charge in [-0.05, 0) is 17.7 Å². The lowest BCUT2D eigenvalue weighted by atomic mass is 10.0. The number of carbonyl (C=O) groups is 2. The second kappa shape index (κ2) is 7.76. The van der Waals surface area contributed by atoms with Gasteiger partial charge >= 0.3 is 6.03 Å². The molecule has 0 saturated carbocycles. The molecule has 7 heteroatoms. The largest absolute Gasteiger partial charge is 0.354 e. The molecule has 0 radical (unpaired) electrons. The fourth-order valence-electron chi connectivity index (χ4n) is 3.10. The molecule has 7 nitrogen and oxygen atoms in total. The van der Waals surface area contributed by atoms with Gasteiger partial charge in [0.25, 0.3) is 0 Å². The Balaban J connectivity index is 1.74. The average Bonchev–Trinajstić information content (AvgIpc) is 2.63. The van der Waals surface area contributed by atoms with Crippen LogP contribution in [0.25, 0.3) is 0 Å². The quantitative estimate of drug-likeness (QED) is 0.871. The number of imide groups is 1. The Kier molecular flexibility index (Phi) is 5.25. The number of pyridine rings is 1. The van der Waals surface area contributed by atoms with Crippen molar-refractivity contribution in [1.82, 2.24) is 15.2 Å². The zero-order chi connectivity index (χ0) is 17.6. The number of nitrogens with zero attached hydrogens (tertiary/aromatic N) is 3. The van der Waals surface area contributed by atoms with E-state index < -0.39 is 18.0 Å². The highest BCUT2D eigenvalue weighted by atomic mass is 16.2. The zero-order valence-corrected chi connectivity index (χ0v) is 13.8. The summed E-state index contributed by atoms with van der Waals surface area (Å²) in [6.45, 7) is 2.87. The van der Waals surface area contributed by atoms with Gasteiger partial charge in [-0.2, -0.15) is 0 Å². The first-order valence-corrected chi connectivity index (χ1v) is 8.20. The lowest BCUT2D eigenvalue weighted by Crippen LogP contribution is -2.52. The fraction of sp³-hybridized carbons (Fsp3) is 0.278. The molecule has 2 heterocycles. The van der Waals surface area contributed by atoms with Crippen molar-refractivity contribution in [1.29, 1.82) is 0 Å². The molecule has 0 bridgehead atoms. The van der Waals surface area contributed by atoms with Crippen LogP contribution in [0.5, 0.6) is 0 Å². The Labute approximate surface area is 146 Å². The highest BCUT2D eigenvalue weighted by molar-refractivity contribution is 5.96. The van der Waals surface area contributed by atoms with Crippen LogP contribution in [0.15, 0.2) is 54.7 Å².